The second-order valence-corrected chi connectivity index (χ2v) is 7.97. The van der Waals surface area contributed by atoms with Gasteiger partial charge >= 0.3 is 12.1 Å². The van der Waals surface area contributed by atoms with E-state index in [0.717, 1.165) is 18.9 Å². The van der Waals surface area contributed by atoms with Gasteiger partial charge in [0, 0.05) is 30.5 Å². The summed E-state index contributed by atoms with van der Waals surface area (Å²) in [7, 11) is 0. The molecule has 0 radical (unpaired) electrons. The largest absolute Gasteiger partial charge is 0.493 e. The summed E-state index contributed by atoms with van der Waals surface area (Å²) in [5.74, 6) is -0.678. The number of esters is 1. The fourth-order valence-electron chi connectivity index (χ4n) is 2.98. The lowest BCUT2D eigenvalue weighted by atomic mass is 10.1. The van der Waals surface area contributed by atoms with E-state index in [1.807, 2.05) is 20.8 Å². The third-order valence-electron chi connectivity index (χ3n) is 4.59. The van der Waals surface area contributed by atoms with Gasteiger partial charge < -0.3 is 14.8 Å². The standard InChI is InChI=1S/C23H24F3N3O3S.C2H6.H2/c1-3-5-6-9-32-20-8-7-17(11-18(20)23(24,25)26)28-22-29-19(14-33-22)15-10-16(13-27-12-15)21(30)31-4-2;1-2;/h7-8,10-14H,3-6,9H2,1-2H3,(H,28,29);1-2H3;1H. The molecule has 2 aromatic heterocycles. The zero-order valence-corrected chi connectivity index (χ0v) is 21.1. The van der Waals surface area contributed by atoms with E-state index in [9.17, 15) is 18.0 Å². The highest BCUT2D eigenvalue weighted by atomic mass is 32.1. The van der Waals surface area contributed by atoms with Crippen molar-refractivity contribution in [3.05, 3.63) is 53.2 Å². The number of alkyl halides is 3. The maximum absolute atomic E-state index is 13.6. The summed E-state index contributed by atoms with van der Waals surface area (Å²) in [6, 6.07) is 5.46. The third-order valence-corrected chi connectivity index (χ3v) is 5.35. The van der Waals surface area contributed by atoms with E-state index < -0.39 is 17.7 Å². The second-order valence-electron chi connectivity index (χ2n) is 7.11. The lowest BCUT2D eigenvalue weighted by Gasteiger charge is -2.15. The Morgan fingerprint density at radius 3 is 2.60 bits per heavy atom. The number of ether oxygens (including phenoxy) is 2. The number of nitrogens with zero attached hydrogens (tertiary/aromatic N) is 2. The molecular weight excluding hydrogens is 479 g/mol. The van der Waals surface area contributed by atoms with Crippen molar-refractivity contribution in [2.75, 3.05) is 18.5 Å². The molecule has 10 heteroatoms. The number of anilines is 2. The number of rotatable bonds is 10. The predicted octanol–water partition coefficient (Wildman–Crippen LogP) is 7.99. The van der Waals surface area contributed by atoms with Gasteiger partial charge in [0.15, 0.2) is 5.13 Å². The zero-order chi connectivity index (χ0) is 25.8. The highest BCUT2D eigenvalue weighted by Gasteiger charge is 2.34. The first-order chi connectivity index (χ1) is 16.8. The molecule has 35 heavy (non-hydrogen) atoms. The molecule has 0 aliphatic heterocycles. The number of hydrogen-bond donors (Lipinski definition) is 1. The number of aromatic nitrogens is 2. The van der Waals surface area contributed by atoms with Crippen LogP contribution >= 0.6 is 11.3 Å². The van der Waals surface area contributed by atoms with Crippen molar-refractivity contribution in [3.63, 3.8) is 0 Å². The van der Waals surface area contributed by atoms with Gasteiger partial charge in [0.05, 0.1) is 30.0 Å². The van der Waals surface area contributed by atoms with Crippen LogP contribution in [0.15, 0.2) is 42.0 Å². The summed E-state index contributed by atoms with van der Waals surface area (Å²) in [5.41, 5.74) is 0.820. The Bertz CT molecular complexity index is 1090. The minimum absolute atomic E-state index is 0. The molecule has 0 aliphatic carbocycles. The van der Waals surface area contributed by atoms with Gasteiger partial charge in [0.2, 0.25) is 0 Å². The summed E-state index contributed by atoms with van der Waals surface area (Å²) in [5, 5.41) is 5.03. The van der Waals surface area contributed by atoms with Gasteiger partial charge in [-0.2, -0.15) is 13.2 Å². The first kappa shape index (κ1) is 28.1. The number of unbranched alkanes of at least 4 members (excludes halogenated alkanes) is 2. The van der Waals surface area contributed by atoms with Crippen molar-refractivity contribution in [1.82, 2.24) is 9.97 Å². The van der Waals surface area contributed by atoms with Gasteiger partial charge in [0.25, 0.3) is 0 Å². The van der Waals surface area contributed by atoms with Crippen LogP contribution in [0.4, 0.5) is 24.0 Å². The van der Waals surface area contributed by atoms with E-state index in [1.165, 1.54) is 29.7 Å². The monoisotopic (exact) mass is 511 g/mol. The SMILES string of the molecule is CC.CCCCCOc1ccc(Nc2nc(-c3cncc(C(=O)OCC)c3)cs2)cc1C(F)(F)F.[HH]. The van der Waals surface area contributed by atoms with Gasteiger partial charge in [-0.15, -0.1) is 11.3 Å². The van der Waals surface area contributed by atoms with Crippen molar-refractivity contribution in [1.29, 1.82) is 0 Å². The van der Waals surface area contributed by atoms with Crippen molar-refractivity contribution >= 4 is 28.1 Å². The van der Waals surface area contributed by atoms with Gasteiger partial charge in [-0.05, 0) is 37.6 Å². The summed E-state index contributed by atoms with van der Waals surface area (Å²) >= 11 is 1.22. The van der Waals surface area contributed by atoms with Gasteiger partial charge in [0.1, 0.15) is 5.75 Å². The van der Waals surface area contributed by atoms with Crippen LogP contribution in [0, 0.1) is 0 Å². The quantitative estimate of drug-likeness (QED) is 0.220. The molecule has 1 aromatic carbocycles. The van der Waals surface area contributed by atoms with E-state index >= 15 is 0 Å². The Morgan fingerprint density at radius 1 is 1.14 bits per heavy atom. The second kappa shape index (κ2) is 13.7. The van der Waals surface area contributed by atoms with Crippen molar-refractivity contribution < 1.29 is 28.9 Å². The average molecular weight is 512 g/mol. The van der Waals surface area contributed by atoms with Crippen LogP contribution in [0.25, 0.3) is 11.3 Å². The molecule has 3 aromatic rings. The summed E-state index contributed by atoms with van der Waals surface area (Å²) in [4.78, 5) is 20.4. The number of nitrogens with one attached hydrogen (secondary N) is 1. The van der Waals surface area contributed by atoms with Gasteiger partial charge in [-0.1, -0.05) is 33.6 Å². The maximum Gasteiger partial charge on any atom is 0.420 e. The Labute approximate surface area is 209 Å². The highest BCUT2D eigenvalue weighted by Crippen LogP contribution is 2.39. The number of pyridine rings is 1. The fourth-order valence-corrected chi connectivity index (χ4v) is 3.72. The minimum atomic E-state index is -4.55. The number of benzene rings is 1. The molecule has 192 valence electrons. The molecule has 0 saturated heterocycles. The van der Waals surface area contributed by atoms with E-state index in [4.69, 9.17) is 9.47 Å². The smallest absolute Gasteiger partial charge is 0.420 e. The minimum Gasteiger partial charge on any atom is -0.493 e. The van der Waals surface area contributed by atoms with Crippen LogP contribution in [-0.2, 0) is 10.9 Å². The number of thiazole rings is 1. The molecule has 0 atom stereocenters. The lowest BCUT2D eigenvalue weighted by Crippen LogP contribution is -2.10. The highest BCUT2D eigenvalue weighted by molar-refractivity contribution is 7.14. The van der Waals surface area contributed by atoms with Gasteiger partial charge in [-0.25, -0.2) is 9.78 Å². The molecule has 1 N–H and O–H groups in total. The van der Waals surface area contributed by atoms with E-state index in [0.29, 0.717) is 28.4 Å². The number of hydrogen-bond acceptors (Lipinski definition) is 7. The Hall–Kier alpha value is -3.14. The van der Waals surface area contributed by atoms with Crippen LogP contribution in [0.2, 0.25) is 0 Å². The molecule has 0 unspecified atom stereocenters. The molecule has 0 bridgehead atoms. The first-order valence-electron chi connectivity index (χ1n) is 11.5. The number of halogens is 3. The lowest BCUT2D eigenvalue weighted by molar-refractivity contribution is -0.138. The van der Waals surface area contributed by atoms with Crippen molar-refractivity contribution in [3.8, 4) is 17.0 Å². The van der Waals surface area contributed by atoms with Crippen LogP contribution in [0.1, 0.15) is 64.3 Å². The van der Waals surface area contributed by atoms with Crippen LogP contribution < -0.4 is 10.1 Å². The Balaban J connectivity index is 0.00000211. The molecule has 6 nitrogen and oxygen atoms in total. The molecule has 2 heterocycles. The molecule has 0 spiro atoms. The number of carbonyl (C=O) groups excluding carboxylic acids is 1. The summed E-state index contributed by atoms with van der Waals surface area (Å²) in [6.07, 6.45) is 0.946. The van der Waals surface area contributed by atoms with Crippen molar-refractivity contribution in [2.24, 2.45) is 0 Å². The molecule has 3 rings (SSSR count). The maximum atomic E-state index is 13.6. The van der Waals surface area contributed by atoms with Crippen LogP contribution in [-0.4, -0.2) is 29.2 Å². The molecular formula is C25H32F3N3O3S. The van der Waals surface area contributed by atoms with E-state index in [1.54, 1.807) is 24.6 Å². The Morgan fingerprint density at radius 2 is 1.91 bits per heavy atom. The average Bonchev–Trinajstić information content (AvgIpc) is 3.32. The summed E-state index contributed by atoms with van der Waals surface area (Å²) < 4.78 is 51.0. The molecule has 0 saturated carbocycles. The third kappa shape index (κ3) is 8.24. The molecule has 0 aliphatic rings. The topological polar surface area (TPSA) is 73.3 Å². The van der Waals surface area contributed by atoms with E-state index in [-0.39, 0.29) is 26.1 Å². The summed E-state index contributed by atoms with van der Waals surface area (Å²) in [6.45, 7) is 8.21. The van der Waals surface area contributed by atoms with Crippen LogP contribution in [0.3, 0.4) is 0 Å². The first-order valence-corrected chi connectivity index (χ1v) is 12.4. The Kier molecular flexibility index (Phi) is 11.0. The molecule has 0 amide bonds. The van der Waals surface area contributed by atoms with Crippen molar-refractivity contribution in [2.45, 2.75) is 53.1 Å². The molecule has 0 fully saturated rings. The predicted molar refractivity (Wildman–Crippen MR) is 135 cm³/mol. The number of carbonyl (C=O) groups is 1. The normalized spacial score (nSPS) is 10.8. The van der Waals surface area contributed by atoms with E-state index in [2.05, 4.69) is 15.3 Å². The fraction of sp³-hybridized carbons (Fsp3) is 0.400. The van der Waals surface area contributed by atoms with Gasteiger partial charge in [-0.3, -0.25) is 4.98 Å². The van der Waals surface area contributed by atoms with Crippen LogP contribution in [0.5, 0.6) is 5.75 Å². The zero-order valence-electron chi connectivity index (χ0n) is 20.2.